The smallest absolute Gasteiger partial charge is 0.202 e. The molecule has 2 heterocycles. The van der Waals surface area contributed by atoms with Gasteiger partial charge in [0, 0.05) is 42.0 Å². The molecule has 2 aliphatic heterocycles. The van der Waals surface area contributed by atoms with E-state index in [4.69, 9.17) is 24.7 Å². The first-order valence-electron chi connectivity index (χ1n) is 15.3. The minimum atomic E-state index is -1.87. The van der Waals surface area contributed by atoms with E-state index in [2.05, 4.69) is 0 Å². The molecule has 8 unspecified atom stereocenters. The molecule has 0 aromatic heterocycles. The van der Waals surface area contributed by atoms with Crippen LogP contribution in [0.1, 0.15) is 102 Å². The van der Waals surface area contributed by atoms with Crippen molar-refractivity contribution in [3.05, 3.63) is 51.6 Å². The van der Waals surface area contributed by atoms with Gasteiger partial charge in [-0.2, -0.15) is 0 Å². The van der Waals surface area contributed by atoms with Crippen molar-refractivity contribution < 1.29 is 64.3 Å². The second-order valence-corrected chi connectivity index (χ2v) is 12.7. The summed E-state index contributed by atoms with van der Waals surface area (Å²) in [5.41, 5.74) is 2.39. The number of benzene rings is 2. The molecule has 2 aromatic rings. The van der Waals surface area contributed by atoms with Crippen LogP contribution in [0, 0.1) is 0 Å². The van der Waals surface area contributed by atoms with E-state index >= 15 is 0 Å². The molecule has 4 aliphatic rings. The Hall–Kier alpha value is -3.18. The third-order valence-electron chi connectivity index (χ3n) is 9.76. The molecule has 0 saturated carbocycles. The van der Waals surface area contributed by atoms with E-state index in [1.807, 2.05) is 0 Å². The number of carbonyl (C=O) groups is 2. The number of hydrogen-bond donors (Lipinski definition) is 8. The molecule has 0 bridgehead atoms. The molecular weight excluding hydrogens is 606 g/mol. The summed E-state index contributed by atoms with van der Waals surface area (Å²) in [4.78, 5) is 27.1. The number of hydrogen-bond acceptors (Lipinski definition) is 14. The lowest BCUT2D eigenvalue weighted by Crippen LogP contribution is -2.56. The van der Waals surface area contributed by atoms with Crippen molar-refractivity contribution in [3.8, 4) is 17.2 Å². The fraction of sp³-hybridized carbons (Fsp3) is 0.562. The quantitative estimate of drug-likeness (QED) is 0.180. The molecule has 2 fully saturated rings. The molecule has 2 saturated heterocycles. The lowest BCUT2D eigenvalue weighted by molar-refractivity contribution is -0.303. The zero-order valence-electron chi connectivity index (χ0n) is 25.5. The number of aliphatic hydroxyl groups is 4. The van der Waals surface area contributed by atoms with Gasteiger partial charge in [-0.15, -0.1) is 0 Å². The second kappa shape index (κ2) is 11.8. The zero-order chi connectivity index (χ0) is 33.4. The van der Waals surface area contributed by atoms with Crippen LogP contribution in [-0.2, 0) is 18.9 Å². The Balaban J connectivity index is 1.32. The van der Waals surface area contributed by atoms with E-state index in [0.717, 1.165) is 0 Å². The van der Waals surface area contributed by atoms with E-state index < -0.39 is 107 Å². The summed E-state index contributed by atoms with van der Waals surface area (Å²) in [6.45, 7) is 4.90. The molecule has 6 rings (SSSR count). The van der Waals surface area contributed by atoms with Crippen molar-refractivity contribution in [3.63, 3.8) is 0 Å². The molecule has 9 N–H and O–H groups in total. The maximum Gasteiger partial charge on any atom is 0.202 e. The van der Waals surface area contributed by atoms with E-state index in [1.165, 1.54) is 18.2 Å². The van der Waals surface area contributed by atoms with Crippen molar-refractivity contribution in [2.24, 2.45) is 5.73 Å². The molecule has 2 aliphatic carbocycles. The highest BCUT2D eigenvalue weighted by Gasteiger charge is 2.52. The number of aromatic hydroxyl groups is 3. The van der Waals surface area contributed by atoms with Crippen molar-refractivity contribution >= 4 is 11.6 Å². The van der Waals surface area contributed by atoms with Crippen LogP contribution in [0.2, 0.25) is 0 Å². The van der Waals surface area contributed by atoms with Crippen LogP contribution in [0.15, 0.2) is 18.2 Å². The topological polar surface area (TPSA) is 239 Å². The third kappa shape index (κ3) is 5.09. The Kier molecular flexibility index (Phi) is 8.41. The summed E-state index contributed by atoms with van der Waals surface area (Å²) in [7, 11) is 0. The number of phenols is 3. The number of carbonyl (C=O) groups excluding carboxylic acids is 2. The summed E-state index contributed by atoms with van der Waals surface area (Å²) in [6, 6.07) is 3.19. The highest BCUT2D eigenvalue weighted by atomic mass is 16.7. The normalized spacial score (nSPS) is 37.4. The predicted octanol–water partition coefficient (Wildman–Crippen LogP) is 0.919. The Morgan fingerprint density at radius 1 is 0.891 bits per heavy atom. The van der Waals surface area contributed by atoms with Crippen LogP contribution in [0.5, 0.6) is 17.2 Å². The average Bonchev–Trinajstić information content (AvgIpc) is 2.99. The van der Waals surface area contributed by atoms with Crippen molar-refractivity contribution in [2.45, 2.75) is 113 Å². The molecule has 0 radical (unpaired) electrons. The minimum absolute atomic E-state index is 0.00789. The first kappa shape index (κ1) is 32.7. The van der Waals surface area contributed by atoms with Crippen LogP contribution in [0.3, 0.4) is 0 Å². The van der Waals surface area contributed by atoms with Gasteiger partial charge in [-0.3, -0.25) is 9.59 Å². The maximum absolute atomic E-state index is 13.6. The summed E-state index contributed by atoms with van der Waals surface area (Å²) < 4.78 is 24.0. The maximum atomic E-state index is 13.6. The third-order valence-corrected chi connectivity index (χ3v) is 9.76. The van der Waals surface area contributed by atoms with Crippen LogP contribution in [0.4, 0.5) is 0 Å². The van der Waals surface area contributed by atoms with Gasteiger partial charge in [0.15, 0.2) is 18.4 Å². The summed E-state index contributed by atoms with van der Waals surface area (Å²) in [5.74, 6) is -3.79. The highest BCUT2D eigenvalue weighted by molar-refractivity contribution is 6.31. The van der Waals surface area contributed by atoms with Gasteiger partial charge in [0.25, 0.3) is 0 Å². The van der Waals surface area contributed by atoms with Crippen LogP contribution in [0.25, 0.3) is 0 Å². The monoisotopic (exact) mass is 645 g/mol. The molecule has 0 amide bonds. The predicted molar refractivity (Wildman–Crippen MR) is 156 cm³/mol. The van der Waals surface area contributed by atoms with E-state index in [0.29, 0.717) is 0 Å². The largest absolute Gasteiger partial charge is 0.507 e. The van der Waals surface area contributed by atoms with Crippen molar-refractivity contribution in [2.75, 3.05) is 0 Å². The summed E-state index contributed by atoms with van der Waals surface area (Å²) in [5, 5.41) is 76.4. The van der Waals surface area contributed by atoms with Crippen molar-refractivity contribution in [1.29, 1.82) is 0 Å². The van der Waals surface area contributed by atoms with Gasteiger partial charge in [-0.25, -0.2) is 0 Å². The molecule has 11 atom stereocenters. The van der Waals surface area contributed by atoms with Crippen LogP contribution >= 0.6 is 0 Å². The number of ether oxygens (including phenoxy) is 4. The summed E-state index contributed by atoms with van der Waals surface area (Å²) >= 11 is 0. The SMILES string of the molecule is CC[C@@]1(O)C[C@H](OC2CC(N)C(OC3CC(O)C(O)C(C)O3)C(C)O2)c2c(O)c3c(c(O)c2[C@H]1O)C(=O)c1cccc(O)c1C3=O. The Labute approximate surface area is 263 Å². The van der Waals surface area contributed by atoms with Gasteiger partial charge >= 0.3 is 0 Å². The molecule has 2 aromatic carbocycles. The lowest BCUT2D eigenvalue weighted by Gasteiger charge is -2.46. The Bertz CT molecular complexity index is 1540. The average molecular weight is 646 g/mol. The molecule has 14 heteroatoms. The first-order chi connectivity index (χ1) is 21.7. The molecule has 46 heavy (non-hydrogen) atoms. The number of ketones is 2. The van der Waals surface area contributed by atoms with E-state index in [9.17, 15) is 45.3 Å². The van der Waals surface area contributed by atoms with E-state index in [1.54, 1.807) is 20.8 Å². The summed E-state index contributed by atoms with van der Waals surface area (Å²) in [6.07, 6.45) is -9.29. The van der Waals surface area contributed by atoms with Gasteiger partial charge in [0.2, 0.25) is 5.78 Å². The number of rotatable bonds is 5. The van der Waals surface area contributed by atoms with Gasteiger partial charge < -0.3 is 60.4 Å². The van der Waals surface area contributed by atoms with Gasteiger partial charge in [0.1, 0.15) is 35.6 Å². The Morgan fingerprint density at radius 3 is 2.17 bits per heavy atom. The molecule has 14 nitrogen and oxygen atoms in total. The van der Waals surface area contributed by atoms with Gasteiger partial charge in [0.05, 0.1) is 46.7 Å². The molecule has 0 spiro atoms. The van der Waals surface area contributed by atoms with Crippen molar-refractivity contribution in [1.82, 2.24) is 0 Å². The van der Waals surface area contributed by atoms with E-state index in [-0.39, 0.29) is 47.9 Å². The number of phenolic OH excluding ortho intramolecular Hbond substituents is 3. The standard InChI is InChI=1S/C32H39NO13/c1-4-32(42)10-17(45-18-8-14(33)30(12(3)44-18)46-19-9-16(35)25(36)11(2)43-19)21-24(31(32)41)29(40)22-23(28(21)39)27(38)20-13(26(22)37)6-5-7-15(20)34/h5-7,11-12,14,16-19,25,30-31,34-36,39-42H,4,8-10,33H2,1-3H3/t11?,12?,14?,16?,17-,18?,19?,25?,30?,31+,32+/m0/s1. The van der Waals surface area contributed by atoms with Gasteiger partial charge in [-0.05, 0) is 26.3 Å². The number of aliphatic hydroxyl groups excluding tert-OH is 3. The second-order valence-electron chi connectivity index (χ2n) is 12.7. The van der Waals surface area contributed by atoms with Crippen LogP contribution < -0.4 is 5.73 Å². The molecular formula is C32H39NO13. The lowest BCUT2D eigenvalue weighted by atomic mass is 9.70. The van der Waals surface area contributed by atoms with Gasteiger partial charge in [-0.1, -0.05) is 19.1 Å². The molecule has 250 valence electrons. The van der Waals surface area contributed by atoms with Crippen LogP contribution in [-0.4, -0.2) is 102 Å². The fourth-order valence-corrected chi connectivity index (χ4v) is 7.14. The number of nitrogens with two attached hydrogens (primary N) is 1. The fourth-order valence-electron chi connectivity index (χ4n) is 7.14. The zero-order valence-corrected chi connectivity index (χ0v) is 25.5. The first-order valence-corrected chi connectivity index (χ1v) is 15.3. The Morgan fingerprint density at radius 2 is 1.52 bits per heavy atom. The number of fused-ring (bicyclic) bond motifs is 3. The highest BCUT2D eigenvalue weighted by Crippen LogP contribution is 2.56. The minimum Gasteiger partial charge on any atom is -0.507 e.